The Morgan fingerprint density at radius 1 is 1.43 bits per heavy atom. The van der Waals surface area contributed by atoms with Crippen molar-refractivity contribution in [1.82, 2.24) is 0 Å². The standard InChI is InChI=1S/C16H23ClN2O2/c1-10-5-3-4-6-15(10)21-11(2)16(20)19-14-8-7-12(17)9-13(14)18/h7-11,15H,3-6,18H2,1-2H3,(H,19,20). The van der Waals surface area contributed by atoms with Gasteiger partial charge in [-0.15, -0.1) is 0 Å². The van der Waals surface area contributed by atoms with Gasteiger partial charge >= 0.3 is 0 Å². The maximum atomic E-state index is 12.2. The summed E-state index contributed by atoms with van der Waals surface area (Å²) in [7, 11) is 0. The van der Waals surface area contributed by atoms with Crippen molar-refractivity contribution < 1.29 is 9.53 Å². The number of nitrogens with one attached hydrogen (secondary N) is 1. The Morgan fingerprint density at radius 3 is 2.81 bits per heavy atom. The number of nitrogen functional groups attached to an aromatic ring is 1. The molecular weight excluding hydrogens is 288 g/mol. The zero-order chi connectivity index (χ0) is 15.4. The molecule has 1 saturated carbocycles. The van der Waals surface area contributed by atoms with Crippen LogP contribution in [0.15, 0.2) is 18.2 Å². The molecule has 1 aromatic carbocycles. The van der Waals surface area contributed by atoms with Crippen LogP contribution in [0, 0.1) is 5.92 Å². The van der Waals surface area contributed by atoms with Crippen LogP contribution in [0.4, 0.5) is 11.4 Å². The van der Waals surface area contributed by atoms with Crippen LogP contribution in [0.5, 0.6) is 0 Å². The van der Waals surface area contributed by atoms with Crippen molar-refractivity contribution in [1.29, 1.82) is 0 Å². The second kappa shape index (κ2) is 7.14. The van der Waals surface area contributed by atoms with Crippen molar-refractivity contribution in [2.45, 2.75) is 51.7 Å². The highest BCUT2D eigenvalue weighted by Gasteiger charge is 2.26. The number of rotatable bonds is 4. The summed E-state index contributed by atoms with van der Waals surface area (Å²) in [5.74, 6) is 0.330. The van der Waals surface area contributed by atoms with E-state index in [2.05, 4.69) is 12.2 Å². The Bertz CT molecular complexity index is 507. The summed E-state index contributed by atoms with van der Waals surface area (Å²) >= 11 is 5.84. The third-order valence-electron chi connectivity index (χ3n) is 4.05. The fourth-order valence-electron chi connectivity index (χ4n) is 2.69. The van der Waals surface area contributed by atoms with Gasteiger partial charge in [-0.1, -0.05) is 31.4 Å². The van der Waals surface area contributed by atoms with Gasteiger partial charge in [-0.2, -0.15) is 0 Å². The van der Waals surface area contributed by atoms with Crippen LogP contribution < -0.4 is 11.1 Å². The molecule has 1 aliphatic rings. The number of hydrogen-bond donors (Lipinski definition) is 2. The largest absolute Gasteiger partial charge is 0.397 e. The van der Waals surface area contributed by atoms with Gasteiger partial charge in [0.1, 0.15) is 6.10 Å². The SMILES string of the molecule is CC(OC1CCCCC1C)C(=O)Nc1ccc(Cl)cc1N. The van der Waals surface area contributed by atoms with E-state index >= 15 is 0 Å². The Labute approximate surface area is 131 Å². The quantitative estimate of drug-likeness (QED) is 0.830. The van der Waals surface area contributed by atoms with Crippen LogP contribution in [0.25, 0.3) is 0 Å². The Morgan fingerprint density at radius 2 is 2.14 bits per heavy atom. The first-order chi connectivity index (χ1) is 9.97. The van der Waals surface area contributed by atoms with Gasteiger partial charge in [0.25, 0.3) is 5.91 Å². The number of hydrogen-bond acceptors (Lipinski definition) is 3. The van der Waals surface area contributed by atoms with Gasteiger partial charge in [-0.3, -0.25) is 4.79 Å². The van der Waals surface area contributed by atoms with Gasteiger partial charge in [0.15, 0.2) is 0 Å². The molecule has 1 aliphatic carbocycles. The first-order valence-electron chi connectivity index (χ1n) is 7.48. The molecule has 0 heterocycles. The lowest BCUT2D eigenvalue weighted by molar-refractivity contribution is -0.133. The Balaban J connectivity index is 1.92. The number of nitrogens with two attached hydrogens (primary N) is 1. The van der Waals surface area contributed by atoms with Crippen molar-refractivity contribution in [3.05, 3.63) is 23.2 Å². The van der Waals surface area contributed by atoms with E-state index in [1.807, 2.05) is 0 Å². The molecule has 3 atom stereocenters. The molecule has 0 bridgehead atoms. The molecule has 0 radical (unpaired) electrons. The van der Waals surface area contributed by atoms with Crippen molar-refractivity contribution in [2.24, 2.45) is 5.92 Å². The highest BCUT2D eigenvalue weighted by molar-refractivity contribution is 6.31. The van der Waals surface area contributed by atoms with Crippen LogP contribution in [0.1, 0.15) is 39.5 Å². The van der Waals surface area contributed by atoms with Gasteiger partial charge in [-0.05, 0) is 43.9 Å². The molecule has 1 amide bonds. The van der Waals surface area contributed by atoms with E-state index in [1.54, 1.807) is 25.1 Å². The number of carbonyl (C=O) groups is 1. The van der Waals surface area contributed by atoms with Gasteiger partial charge in [-0.25, -0.2) is 0 Å². The molecule has 3 N–H and O–H groups in total. The summed E-state index contributed by atoms with van der Waals surface area (Å²) in [6.07, 6.45) is 4.30. The van der Waals surface area contributed by atoms with E-state index in [4.69, 9.17) is 22.1 Å². The molecule has 116 valence electrons. The lowest BCUT2D eigenvalue weighted by Crippen LogP contribution is -2.35. The fraction of sp³-hybridized carbons (Fsp3) is 0.562. The first kappa shape index (κ1) is 16.1. The first-order valence-corrected chi connectivity index (χ1v) is 7.86. The molecule has 5 heteroatoms. The maximum absolute atomic E-state index is 12.2. The topological polar surface area (TPSA) is 64.3 Å². The second-order valence-corrected chi connectivity index (χ2v) is 6.24. The summed E-state index contributed by atoms with van der Waals surface area (Å²) in [6.45, 7) is 3.97. The minimum atomic E-state index is -0.495. The molecule has 4 nitrogen and oxygen atoms in total. The third kappa shape index (κ3) is 4.35. The molecule has 0 aromatic heterocycles. The zero-order valence-corrected chi connectivity index (χ0v) is 13.3. The highest BCUT2D eigenvalue weighted by Crippen LogP contribution is 2.28. The average Bonchev–Trinajstić information content (AvgIpc) is 2.44. The summed E-state index contributed by atoms with van der Waals surface area (Å²) in [6, 6.07) is 5.01. The zero-order valence-electron chi connectivity index (χ0n) is 12.6. The monoisotopic (exact) mass is 310 g/mol. The lowest BCUT2D eigenvalue weighted by atomic mass is 9.88. The molecule has 0 aliphatic heterocycles. The lowest BCUT2D eigenvalue weighted by Gasteiger charge is -2.30. The highest BCUT2D eigenvalue weighted by atomic mass is 35.5. The number of benzene rings is 1. The van der Waals surface area contributed by atoms with Crippen molar-refractivity contribution in [2.75, 3.05) is 11.1 Å². The van der Waals surface area contributed by atoms with E-state index in [9.17, 15) is 4.79 Å². The fourth-order valence-corrected chi connectivity index (χ4v) is 2.87. The van der Waals surface area contributed by atoms with Gasteiger partial charge in [0.2, 0.25) is 0 Å². The molecule has 0 saturated heterocycles. The normalized spacial score (nSPS) is 23.6. The van der Waals surface area contributed by atoms with E-state index < -0.39 is 6.10 Å². The minimum Gasteiger partial charge on any atom is -0.397 e. The van der Waals surface area contributed by atoms with Gasteiger partial charge in [0, 0.05) is 5.02 Å². The summed E-state index contributed by atoms with van der Waals surface area (Å²) in [5, 5.41) is 3.34. The second-order valence-electron chi connectivity index (χ2n) is 5.80. The van der Waals surface area contributed by atoms with Crippen molar-refractivity contribution in [3.8, 4) is 0 Å². The smallest absolute Gasteiger partial charge is 0.253 e. The molecule has 2 rings (SSSR count). The molecule has 1 fully saturated rings. The van der Waals surface area contributed by atoms with Gasteiger partial charge < -0.3 is 15.8 Å². The van der Waals surface area contributed by atoms with E-state index in [0.717, 1.165) is 6.42 Å². The summed E-state index contributed by atoms with van der Waals surface area (Å²) in [5.41, 5.74) is 6.86. The van der Waals surface area contributed by atoms with Crippen LogP contribution in [0.2, 0.25) is 5.02 Å². The average molecular weight is 311 g/mol. The summed E-state index contributed by atoms with van der Waals surface area (Å²) < 4.78 is 5.92. The molecule has 0 spiro atoms. The van der Waals surface area contributed by atoms with E-state index in [-0.39, 0.29) is 12.0 Å². The van der Waals surface area contributed by atoms with Crippen LogP contribution in [-0.2, 0) is 9.53 Å². The van der Waals surface area contributed by atoms with Crippen LogP contribution in [0.3, 0.4) is 0 Å². The minimum absolute atomic E-state index is 0.169. The predicted octanol–water partition coefficient (Wildman–Crippen LogP) is 3.84. The predicted molar refractivity (Wildman–Crippen MR) is 86.5 cm³/mol. The van der Waals surface area contributed by atoms with E-state index in [1.165, 1.54) is 19.3 Å². The van der Waals surface area contributed by atoms with Crippen molar-refractivity contribution >= 4 is 28.9 Å². The molecule has 1 aromatic rings. The molecule has 21 heavy (non-hydrogen) atoms. The van der Waals surface area contributed by atoms with Crippen LogP contribution >= 0.6 is 11.6 Å². The van der Waals surface area contributed by atoms with Crippen molar-refractivity contribution in [3.63, 3.8) is 0 Å². The van der Waals surface area contributed by atoms with E-state index in [0.29, 0.717) is 22.3 Å². The maximum Gasteiger partial charge on any atom is 0.253 e. The number of amides is 1. The third-order valence-corrected chi connectivity index (χ3v) is 4.29. The number of halogens is 1. The molecule has 3 unspecified atom stereocenters. The number of ether oxygens (including phenoxy) is 1. The van der Waals surface area contributed by atoms with Crippen LogP contribution in [-0.4, -0.2) is 18.1 Å². The van der Waals surface area contributed by atoms with Gasteiger partial charge in [0.05, 0.1) is 17.5 Å². The number of carbonyl (C=O) groups excluding carboxylic acids is 1. The Hall–Kier alpha value is -1.26. The Kier molecular flexibility index (Phi) is 5.48. The molecular formula is C16H23ClN2O2. The number of anilines is 2. The summed E-state index contributed by atoms with van der Waals surface area (Å²) in [4.78, 5) is 12.2.